The standard InChI is InChI=1S/C15H14ClN/c16-6-1-3-7(4-2-6)17-5-15-12-9-8-10(12)14(15)11(8)13(9)15/h1-4,8-14,17H,5H2. The lowest BCUT2D eigenvalue weighted by atomic mass is 8.96. The lowest BCUT2D eigenvalue weighted by molar-refractivity contribution is -0.610. The van der Waals surface area contributed by atoms with Gasteiger partial charge in [-0.05, 0) is 71.1 Å². The largest absolute Gasteiger partial charge is 0.384 e. The third-order valence-electron chi connectivity index (χ3n) is 7.13. The maximum atomic E-state index is 5.90. The molecule has 0 aliphatic heterocycles. The summed E-state index contributed by atoms with van der Waals surface area (Å²) in [5, 5.41) is 4.48. The Morgan fingerprint density at radius 1 is 0.941 bits per heavy atom. The Hall–Kier alpha value is -0.690. The fourth-order valence-corrected chi connectivity index (χ4v) is 6.97. The van der Waals surface area contributed by atoms with Crippen LogP contribution in [-0.2, 0) is 0 Å². The van der Waals surface area contributed by atoms with Crippen LogP contribution in [0.4, 0.5) is 5.69 Å². The van der Waals surface area contributed by atoms with Crippen molar-refractivity contribution in [3.63, 3.8) is 0 Å². The van der Waals surface area contributed by atoms with Gasteiger partial charge in [-0.2, -0.15) is 0 Å². The molecule has 0 unspecified atom stereocenters. The molecule has 0 aromatic heterocycles. The molecule has 1 aromatic carbocycles. The minimum absolute atomic E-state index is 0.772. The van der Waals surface area contributed by atoms with Gasteiger partial charge in [-0.25, -0.2) is 0 Å². The van der Waals surface area contributed by atoms with Gasteiger partial charge in [-0.15, -0.1) is 0 Å². The molecule has 1 aromatic rings. The molecular formula is C15H14ClN. The summed E-state index contributed by atoms with van der Waals surface area (Å²) in [5.74, 6) is 8.25. The van der Waals surface area contributed by atoms with E-state index < -0.39 is 0 Å². The van der Waals surface area contributed by atoms with Crippen LogP contribution in [0.15, 0.2) is 24.3 Å². The second kappa shape index (κ2) is 2.14. The smallest absolute Gasteiger partial charge is 0.0407 e. The minimum atomic E-state index is 0.772. The molecule has 6 saturated carbocycles. The molecule has 0 amide bonds. The van der Waals surface area contributed by atoms with Gasteiger partial charge in [-0.1, -0.05) is 11.6 Å². The molecule has 0 spiro atoms. The molecule has 0 atom stereocenters. The highest BCUT2D eigenvalue weighted by Gasteiger charge is 3.03. The number of anilines is 1. The van der Waals surface area contributed by atoms with Gasteiger partial charge in [0.15, 0.2) is 0 Å². The van der Waals surface area contributed by atoms with Crippen LogP contribution < -0.4 is 5.32 Å². The Morgan fingerprint density at radius 3 is 2.12 bits per heavy atom. The SMILES string of the molecule is Clc1ccc(NCC23C4C5C6C4C2C6C53)cc1. The van der Waals surface area contributed by atoms with E-state index in [4.69, 9.17) is 11.6 Å². The highest BCUT2D eigenvalue weighted by Crippen LogP contribution is 3.05. The highest BCUT2D eigenvalue weighted by molar-refractivity contribution is 6.30. The summed E-state index contributed by atoms with van der Waals surface area (Å²) in [7, 11) is 0. The second-order valence-corrected chi connectivity index (χ2v) is 7.30. The Morgan fingerprint density at radius 2 is 1.53 bits per heavy atom. The zero-order valence-electron chi connectivity index (χ0n) is 9.44. The Bertz CT molecular complexity index is 498. The number of hydrogen-bond donors (Lipinski definition) is 1. The monoisotopic (exact) mass is 243 g/mol. The first kappa shape index (κ1) is 8.42. The number of hydrogen-bond acceptors (Lipinski definition) is 1. The van der Waals surface area contributed by atoms with E-state index in [1.807, 2.05) is 12.1 Å². The first-order valence-electron chi connectivity index (χ1n) is 6.83. The van der Waals surface area contributed by atoms with Crippen LogP contribution in [0.3, 0.4) is 0 Å². The van der Waals surface area contributed by atoms with Crippen LogP contribution in [0.1, 0.15) is 0 Å². The first-order valence-corrected chi connectivity index (χ1v) is 7.21. The van der Waals surface area contributed by atoms with E-state index in [0.29, 0.717) is 0 Å². The quantitative estimate of drug-likeness (QED) is 0.860. The summed E-state index contributed by atoms with van der Waals surface area (Å²) >= 11 is 5.90. The van der Waals surface area contributed by atoms with Crippen molar-refractivity contribution in [1.82, 2.24) is 0 Å². The zero-order valence-corrected chi connectivity index (χ0v) is 10.2. The van der Waals surface area contributed by atoms with E-state index in [1.54, 1.807) is 0 Å². The van der Waals surface area contributed by atoms with Gasteiger partial charge in [0.1, 0.15) is 0 Å². The van der Waals surface area contributed by atoms with Crippen molar-refractivity contribution in [2.45, 2.75) is 0 Å². The maximum absolute atomic E-state index is 5.90. The Balaban J connectivity index is 1.24. The van der Waals surface area contributed by atoms with Crippen LogP contribution in [0, 0.1) is 46.8 Å². The van der Waals surface area contributed by atoms with Crippen LogP contribution in [-0.4, -0.2) is 6.54 Å². The van der Waals surface area contributed by atoms with E-state index in [1.165, 1.54) is 35.9 Å². The van der Waals surface area contributed by atoms with Crippen LogP contribution in [0.2, 0.25) is 5.02 Å². The minimum Gasteiger partial charge on any atom is -0.384 e. The van der Waals surface area contributed by atoms with Crippen LogP contribution >= 0.6 is 11.6 Å². The summed E-state index contributed by atoms with van der Waals surface area (Å²) in [6, 6.07) is 8.15. The van der Waals surface area contributed by atoms with Crippen molar-refractivity contribution in [3.05, 3.63) is 29.3 Å². The fraction of sp³-hybridized carbons (Fsp3) is 0.600. The lowest BCUT2D eigenvalue weighted by Gasteiger charge is -3.08. The molecule has 17 heavy (non-hydrogen) atoms. The molecule has 0 saturated heterocycles. The molecule has 6 aliphatic carbocycles. The van der Waals surface area contributed by atoms with E-state index in [2.05, 4.69) is 17.4 Å². The predicted octanol–water partition coefficient (Wildman–Crippen LogP) is 3.12. The highest BCUT2D eigenvalue weighted by atomic mass is 35.5. The normalized spacial score (nSPS) is 61.1. The summed E-state index contributed by atoms with van der Waals surface area (Å²) in [5.41, 5.74) is 2.01. The van der Waals surface area contributed by atoms with Gasteiger partial charge < -0.3 is 5.32 Å². The topological polar surface area (TPSA) is 12.0 Å². The Kier molecular flexibility index (Phi) is 1.06. The number of rotatable bonds is 3. The van der Waals surface area contributed by atoms with Gasteiger partial charge in [0.2, 0.25) is 0 Å². The summed E-state index contributed by atoms with van der Waals surface area (Å²) in [6.07, 6.45) is 0. The number of halogens is 1. The third kappa shape index (κ3) is 0.565. The Labute approximate surface area is 106 Å². The van der Waals surface area contributed by atoms with Crippen LogP contribution in [0.5, 0.6) is 0 Å². The molecule has 1 N–H and O–H groups in total. The summed E-state index contributed by atoms with van der Waals surface area (Å²) in [4.78, 5) is 0. The molecule has 86 valence electrons. The average molecular weight is 244 g/mol. The first-order chi connectivity index (χ1) is 8.34. The number of nitrogens with one attached hydrogen (secondary N) is 1. The van der Waals surface area contributed by atoms with Crippen molar-refractivity contribution in [2.75, 3.05) is 11.9 Å². The van der Waals surface area contributed by atoms with E-state index in [-0.39, 0.29) is 0 Å². The molecule has 6 aliphatic rings. The number of benzene rings is 1. The maximum Gasteiger partial charge on any atom is 0.0407 e. The second-order valence-electron chi connectivity index (χ2n) is 6.86. The summed E-state index contributed by atoms with van der Waals surface area (Å²) < 4.78 is 0. The molecular weight excluding hydrogens is 230 g/mol. The average Bonchev–Trinajstić information content (AvgIpc) is 2.38. The van der Waals surface area contributed by atoms with Crippen molar-refractivity contribution in [2.24, 2.45) is 46.8 Å². The molecule has 2 heteroatoms. The molecule has 0 bridgehead atoms. The van der Waals surface area contributed by atoms with Crippen molar-refractivity contribution >= 4 is 17.3 Å². The lowest BCUT2D eigenvalue weighted by Crippen LogP contribution is -3.06. The molecule has 0 radical (unpaired) electrons. The zero-order chi connectivity index (χ0) is 10.9. The van der Waals surface area contributed by atoms with Gasteiger partial charge in [0, 0.05) is 17.3 Å². The predicted molar refractivity (Wildman–Crippen MR) is 66.8 cm³/mol. The molecule has 6 fully saturated rings. The molecule has 0 heterocycles. The van der Waals surface area contributed by atoms with Gasteiger partial charge in [0.25, 0.3) is 0 Å². The van der Waals surface area contributed by atoms with E-state index >= 15 is 0 Å². The van der Waals surface area contributed by atoms with Gasteiger partial charge >= 0.3 is 0 Å². The fourth-order valence-electron chi connectivity index (χ4n) is 6.85. The van der Waals surface area contributed by atoms with Crippen LogP contribution in [0.25, 0.3) is 0 Å². The van der Waals surface area contributed by atoms with Gasteiger partial charge in [-0.3, -0.25) is 0 Å². The van der Waals surface area contributed by atoms with E-state index in [9.17, 15) is 0 Å². The molecule has 7 rings (SSSR count). The summed E-state index contributed by atoms with van der Waals surface area (Å²) in [6.45, 7) is 1.23. The van der Waals surface area contributed by atoms with E-state index in [0.717, 1.165) is 28.2 Å². The van der Waals surface area contributed by atoms with Crippen molar-refractivity contribution in [3.8, 4) is 0 Å². The van der Waals surface area contributed by atoms with Gasteiger partial charge in [0.05, 0.1) is 0 Å². The van der Waals surface area contributed by atoms with Crippen molar-refractivity contribution < 1.29 is 0 Å². The third-order valence-corrected chi connectivity index (χ3v) is 7.38. The van der Waals surface area contributed by atoms with Crippen molar-refractivity contribution in [1.29, 1.82) is 0 Å². The molecule has 1 nitrogen and oxygen atoms in total.